The number of hydrogen-bond acceptors (Lipinski definition) is 2. The first-order chi connectivity index (χ1) is 7.58. The number of fused-ring (bicyclic) bond motifs is 1. The maximum atomic E-state index is 13.5. The second kappa shape index (κ2) is 3.39. The molecular weight excluding hydrogens is 214 g/mol. The number of nitrogens with zero attached hydrogens (tertiary/aromatic N) is 1. The van der Waals surface area contributed by atoms with Crippen LogP contribution in [0.4, 0.5) is 8.78 Å². The lowest BCUT2D eigenvalue weighted by atomic mass is 9.99. The summed E-state index contributed by atoms with van der Waals surface area (Å²) < 4.78 is 27.0. The molecule has 3 aliphatic rings. The van der Waals surface area contributed by atoms with E-state index in [1.54, 1.807) is 4.90 Å². The second-order valence-electron chi connectivity index (χ2n) is 5.26. The van der Waals surface area contributed by atoms with Gasteiger partial charge in [0.2, 0.25) is 5.91 Å². The first kappa shape index (κ1) is 10.4. The van der Waals surface area contributed by atoms with Crippen molar-refractivity contribution < 1.29 is 13.6 Å². The number of carbonyl (C=O) groups is 1. The third-order valence-corrected chi connectivity index (χ3v) is 4.27. The smallest absolute Gasteiger partial charge is 0.252 e. The molecule has 1 aliphatic carbocycles. The highest BCUT2D eigenvalue weighted by molar-refractivity contribution is 5.80. The van der Waals surface area contributed by atoms with Crippen LogP contribution in [-0.4, -0.2) is 42.9 Å². The molecule has 0 radical (unpaired) electrons. The van der Waals surface area contributed by atoms with Crippen molar-refractivity contribution in [1.82, 2.24) is 10.2 Å². The molecule has 2 heterocycles. The normalized spacial score (nSPS) is 37.2. The summed E-state index contributed by atoms with van der Waals surface area (Å²) in [6.07, 6.45) is 0.583. The molecule has 3 nitrogen and oxygen atoms in total. The van der Waals surface area contributed by atoms with Crippen molar-refractivity contribution in [3.63, 3.8) is 0 Å². The van der Waals surface area contributed by atoms with Gasteiger partial charge in [-0.3, -0.25) is 4.79 Å². The lowest BCUT2D eigenvalue weighted by Crippen LogP contribution is -2.51. The van der Waals surface area contributed by atoms with Crippen molar-refractivity contribution in [3.8, 4) is 0 Å². The predicted molar refractivity (Wildman–Crippen MR) is 54.1 cm³/mol. The van der Waals surface area contributed by atoms with Crippen molar-refractivity contribution in [3.05, 3.63) is 0 Å². The highest BCUT2D eigenvalue weighted by Gasteiger charge is 2.55. The highest BCUT2D eigenvalue weighted by Crippen LogP contribution is 2.48. The van der Waals surface area contributed by atoms with Crippen molar-refractivity contribution in [2.24, 2.45) is 17.8 Å². The predicted octanol–water partition coefficient (Wildman–Crippen LogP) is 0.710. The number of rotatable bonds is 1. The highest BCUT2D eigenvalue weighted by atomic mass is 19.3. The summed E-state index contributed by atoms with van der Waals surface area (Å²) in [5, 5.41) is 3.04. The zero-order valence-electron chi connectivity index (χ0n) is 9.09. The van der Waals surface area contributed by atoms with Crippen LogP contribution in [0.25, 0.3) is 0 Å². The Hall–Kier alpha value is -0.710. The van der Waals surface area contributed by atoms with Crippen LogP contribution in [-0.2, 0) is 4.79 Å². The summed E-state index contributed by atoms with van der Waals surface area (Å²) in [6, 6.07) is 0. The van der Waals surface area contributed by atoms with Gasteiger partial charge in [0.25, 0.3) is 5.92 Å². The summed E-state index contributed by atoms with van der Waals surface area (Å²) in [6.45, 7) is 2.24. The van der Waals surface area contributed by atoms with Gasteiger partial charge in [0.1, 0.15) is 0 Å². The minimum absolute atomic E-state index is 0.00927. The molecule has 0 aromatic rings. The van der Waals surface area contributed by atoms with Crippen LogP contribution in [0, 0.1) is 17.8 Å². The lowest BCUT2D eigenvalue weighted by Gasteiger charge is -2.30. The number of carbonyl (C=O) groups excluding carboxylic acids is 1. The van der Waals surface area contributed by atoms with Crippen molar-refractivity contribution in [2.75, 3.05) is 26.2 Å². The topological polar surface area (TPSA) is 32.3 Å². The van der Waals surface area contributed by atoms with Gasteiger partial charge in [0.05, 0.1) is 5.92 Å². The fourth-order valence-corrected chi connectivity index (χ4v) is 3.11. The fraction of sp³-hybridized carbons (Fsp3) is 0.909. The van der Waals surface area contributed by atoms with Crippen molar-refractivity contribution >= 4 is 5.91 Å². The van der Waals surface area contributed by atoms with Gasteiger partial charge in [-0.2, -0.15) is 0 Å². The molecule has 0 bridgehead atoms. The Bertz CT molecular complexity index is 317. The molecule has 2 atom stereocenters. The number of amides is 1. The van der Waals surface area contributed by atoms with Crippen LogP contribution in [0.5, 0.6) is 0 Å². The second-order valence-corrected chi connectivity index (χ2v) is 5.26. The molecule has 2 saturated heterocycles. The van der Waals surface area contributed by atoms with Crippen molar-refractivity contribution in [2.45, 2.75) is 18.8 Å². The molecule has 90 valence electrons. The van der Waals surface area contributed by atoms with Gasteiger partial charge in [-0.05, 0) is 12.3 Å². The SMILES string of the molecule is O=C(C1CNC1)N1C[C@@H]2CCC(F)(F)[C@H]2C1. The third-order valence-electron chi connectivity index (χ3n) is 4.27. The maximum absolute atomic E-state index is 13.5. The van der Waals surface area contributed by atoms with E-state index < -0.39 is 11.8 Å². The minimum atomic E-state index is -2.54. The van der Waals surface area contributed by atoms with Crippen LogP contribution < -0.4 is 5.32 Å². The van der Waals surface area contributed by atoms with E-state index in [9.17, 15) is 13.6 Å². The molecule has 16 heavy (non-hydrogen) atoms. The number of nitrogens with one attached hydrogen (secondary N) is 1. The molecule has 5 heteroatoms. The molecule has 0 unspecified atom stereocenters. The molecule has 2 aliphatic heterocycles. The summed E-state index contributed by atoms with van der Waals surface area (Å²) >= 11 is 0. The first-order valence-electron chi connectivity index (χ1n) is 5.95. The van der Waals surface area contributed by atoms with Crippen LogP contribution >= 0.6 is 0 Å². The molecule has 3 fully saturated rings. The van der Waals surface area contributed by atoms with Gasteiger partial charge in [0, 0.05) is 38.5 Å². The summed E-state index contributed by atoms with van der Waals surface area (Å²) in [4.78, 5) is 13.6. The number of halogens is 2. The summed E-state index contributed by atoms with van der Waals surface area (Å²) in [7, 11) is 0. The zero-order chi connectivity index (χ0) is 11.3. The quantitative estimate of drug-likeness (QED) is 0.719. The van der Waals surface area contributed by atoms with E-state index in [0.29, 0.717) is 26.1 Å². The van der Waals surface area contributed by atoms with Crippen LogP contribution in [0.1, 0.15) is 12.8 Å². The summed E-state index contributed by atoms with van der Waals surface area (Å²) in [5.41, 5.74) is 0. The molecule has 0 aromatic carbocycles. The largest absolute Gasteiger partial charge is 0.342 e. The average molecular weight is 230 g/mol. The standard InChI is InChI=1S/C11H16F2N2O/c12-11(13)2-1-7-5-15(6-9(7)11)10(16)8-3-14-4-8/h7-9,14H,1-6H2/t7-,9-/m0/s1. The van der Waals surface area contributed by atoms with E-state index >= 15 is 0 Å². The van der Waals surface area contributed by atoms with Gasteiger partial charge < -0.3 is 10.2 Å². The Balaban J connectivity index is 1.67. The van der Waals surface area contributed by atoms with E-state index in [4.69, 9.17) is 0 Å². The van der Waals surface area contributed by atoms with Gasteiger partial charge in [-0.1, -0.05) is 0 Å². The molecule has 1 saturated carbocycles. The Kier molecular flexibility index (Phi) is 2.21. The number of hydrogen-bond donors (Lipinski definition) is 1. The van der Waals surface area contributed by atoms with Crippen LogP contribution in [0.3, 0.4) is 0 Å². The molecule has 0 spiro atoms. The maximum Gasteiger partial charge on any atom is 0.252 e. The van der Waals surface area contributed by atoms with Crippen LogP contribution in [0.2, 0.25) is 0 Å². The monoisotopic (exact) mass is 230 g/mol. The lowest BCUT2D eigenvalue weighted by molar-refractivity contribution is -0.137. The number of likely N-dealkylation sites (tertiary alicyclic amines) is 1. The van der Waals surface area contributed by atoms with Gasteiger partial charge in [0.15, 0.2) is 0 Å². The van der Waals surface area contributed by atoms with Gasteiger partial charge >= 0.3 is 0 Å². The van der Waals surface area contributed by atoms with E-state index in [1.807, 2.05) is 0 Å². The number of alkyl halides is 2. The molecule has 0 aromatic heterocycles. The van der Waals surface area contributed by atoms with Crippen molar-refractivity contribution in [1.29, 1.82) is 0 Å². The van der Waals surface area contributed by atoms with E-state index in [2.05, 4.69) is 5.32 Å². The van der Waals surface area contributed by atoms with Gasteiger partial charge in [-0.25, -0.2) is 8.78 Å². The van der Waals surface area contributed by atoms with E-state index in [-0.39, 0.29) is 30.7 Å². The molecule has 1 amide bonds. The fourth-order valence-electron chi connectivity index (χ4n) is 3.11. The van der Waals surface area contributed by atoms with E-state index in [1.165, 1.54) is 0 Å². The first-order valence-corrected chi connectivity index (χ1v) is 5.95. The van der Waals surface area contributed by atoms with Crippen LogP contribution in [0.15, 0.2) is 0 Å². The summed E-state index contributed by atoms with van der Waals surface area (Å²) in [5.74, 6) is -2.98. The Morgan fingerprint density at radius 2 is 2.06 bits per heavy atom. The van der Waals surface area contributed by atoms with Gasteiger partial charge in [-0.15, -0.1) is 0 Å². The molecule has 1 N–H and O–H groups in total. The Labute approximate surface area is 93.2 Å². The third kappa shape index (κ3) is 1.44. The Morgan fingerprint density at radius 3 is 2.62 bits per heavy atom. The Morgan fingerprint density at radius 1 is 1.31 bits per heavy atom. The zero-order valence-corrected chi connectivity index (χ0v) is 9.09. The minimum Gasteiger partial charge on any atom is -0.342 e. The molecule has 3 rings (SSSR count). The molecular formula is C11H16F2N2O. The average Bonchev–Trinajstić information content (AvgIpc) is 2.65. The van der Waals surface area contributed by atoms with E-state index in [0.717, 1.165) is 0 Å².